The lowest BCUT2D eigenvalue weighted by Crippen LogP contribution is -2.08. The molecule has 4 heteroatoms. The molecule has 0 aliphatic carbocycles. The molecule has 0 unspecified atom stereocenters. The van der Waals surface area contributed by atoms with Crippen LogP contribution in [0.25, 0.3) is 0 Å². The maximum absolute atomic E-state index is 11.2. The molecule has 0 spiro atoms. The van der Waals surface area contributed by atoms with E-state index in [1.54, 1.807) is 13.1 Å². The standard InChI is InChI=1S/C10H12BrNO2/c1-3-14-10(13)5-8-6-12-9(11)4-7(8)2/h4,6H,3,5H2,1-2H3. The molecule has 0 aliphatic rings. The summed E-state index contributed by atoms with van der Waals surface area (Å²) in [5.74, 6) is -0.209. The second kappa shape index (κ2) is 5.10. The number of ether oxygens (including phenoxy) is 1. The van der Waals surface area contributed by atoms with Crippen LogP contribution in [0.1, 0.15) is 18.1 Å². The third-order valence-corrected chi connectivity index (χ3v) is 2.26. The number of hydrogen-bond acceptors (Lipinski definition) is 3. The number of carbonyl (C=O) groups excluding carboxylic acids is 1. The minimum absolute atomic E-state index is 0.209. The van der Waals surface area contributed by atoms with E-state index in [9.17, 15) is 4.79 Å². The van der Waals surface area contributed by atoms with E-state index in [1.807, 2.05) is 13.0 Å². The molecule has 0 saturated carbocycles. The van der Waals surface area contributed by atoms with E-state index < -0.39 is 0 Å². The van der Waals surface area contributed by atoms with Gasteiger partial charge in [0.25, 0.3) is 0 Å². The number of halogens is 1. The zero-order valence-corrected chi connectivity index (χ0v) is 9.80. The summed E-state index contributed by atoms with van der Waals surface area (Å²) in [6.07, 6.45) is 1.98. The van der Waals surface area contributed by atoms with E-state index in [0.29, 0.717) is 13.0 Å². The molecule has 0 aromatic carbocycles. The van der Waals surface area contributed by atoms with Crippen molar-refractivity contribution in [3.63, 3.8) is 0 Å². The predicted molar refractivity (Wildman–Crippen MR) is 57.0 cm³/mol. The van der Waals surface area contributed by atoms with Crippen LogP contribution >= 0.6 is 15.9 Å². The average Bonchev–Trinajstić information content (AvgIpc) is 2.10. The van der Waals surface area contributed by atoms with Gasteiger partial charge in [-0.1, -0.05) is 0 Å². The van der Waals surface area contributed by atoms with Crippen LogP contribution in [0, 0.1) is 6.92 Å². The number of esters is 1. The van der Waals surface area contributed by atoms with E-state index in [2.05, 4.69) is 20.9 Å². The van der Waals surface area contributed by atoms with Gasteiger partial charge in [0.2, 0.25) is 0 Å². The third kappa shape index (κ3) is 3.10. The Labute approximate surface area is 91.6 Å². The van der Waals surface area contributed by atoms with Crippen molar-refractivity contribution in [2.24, 2.45) is 0 Å². The summed E-state index contributed by atoms with van der Waals surface area (Å²) in [6.45, 7) is 4.16. The normalized spacial score (nSPS) is 9.93. The molecule has 0 amide bonds. The number of hydrogen-bond donors (Lipinski definition) is 0. The van der Waals surface area contributed by atoms with Crippen LogP contribution < -0.4 is 0 Å². The van der Waals surface area contributed by atoms with Gasteiger partial charge in [-0.2, -0.15) is 0 Å². The lowest BCUT2D eigenvalue weighted by atomic mass is 10.1. The Kier molecular flexibility index (Phi) is 4.07. The molecule has 1 heterocycles. The summed E-state index contributed by atoms with van der Waals surface area (Å²) in [4.78, 5) is 15.2. The van der Waals surface area contributed by atoms with Gasteiger partial charge < -0.3 is 4.74 Å². The first-order valence-electron chi connectivity index (χ1n) is 4.40. The summed E-state index contributed by atoms with van der Waals surface area (Å²) in [6, 6.07) is 1.88. The topological polar surface area (TPSA) is 39.2 Å². The molecule has 1 rings (SSSR count). The average molecular weight is 258 g/mol. The van der Waals surface area contributed by atoms with Crippen LogP contribution in [0.2, 0.25) is 0 Å². The molecule has 3 nitrogen and oxygen atoms in total. The maximum atomic E-state index is 11.2. The van der Waals surface area contributed by atoms with Crippen molar-refractivity contribution in [3.8, 4) is 0 Å². The first kappa shape index (κ1) is 11.2. The van der Waals surface area contributed by atoms with Crippen molar-refractivity contribution in [1.29, 1.82) is 0 Å². The molecule has 0 bridgehead atoms. The molecule has 1 aromatic rings. The molecule has 1 aromatic heterocycles. The van der Waals surface area contributed by atoms with Gasteiger partial charge in [-0.25, -0.2) is 4.98 Å². The molecule has 0 saturated heterocycles. The quantitative estimate of drug-likeness (QED) is 0.616. The molecule has 0 aliphatic heterocycles. The highest BCUT2D eigenvalue weighted by Crippen LogP contribution is 2.13. The van der Waals surface area contributed by atoms with Crippen molar-refractivity contribution >= 4 is 21.9 Å². The minimum Gasteiger partial charge on any atom is -0.466 e. The summed E-state index contributed by atoms with van der Waals surface area (Å²) >= 11 is 3.27. The Balaban J connectivity index is 2.72. The van der Waals surface area contributed by atoms with Crippen molar-refractivity contribution in [2.75, 3.05) is 6.61 Å². The fourth-order valence-corrected chi connectivity index (χ4v) is 1.55. The van der Waals surface area contributed by atoms with Crippen LogP contribution in [-0.4, -0.2) is 17.6 Å². The molecule has 0 N–H and O–H groups in total. The molecule has 0 fully saturated rings. The number of aryl methyl sites for hydroxylation is 1. The SMILES string of the molecule is CCOC(=O)Cc1cnc(Br)cc1C. The van der Waals surface area contributed by atoms with Gasteiger partial charge >= 0.3 is 5.97 Å². The smallest absolute Gasteiger partial charge is 0.310 e. The van der Waals surface area contributed by atoms with E-state index in [-0.39, 0.29) is 5.97 Å². The minimum atomic E-state index is -0.209. The first-order valence-corrected chi connectivity index (χ1v) is 5.19. The fourth-order valence-electron chi connectivity index (χ4n) is 1.10. The summed E-state index contributed by atoms with van der Waals surface area (Å²) in [5.41, 5.74) is 1.95. The number of pyridine rings is 1. The van der Waals surface area contributed by atoms with E-state index in [1.165, 1.54) is 0 Å². The van der Waals surface area contributed by atoms with Crippen molar-refractivity contribution in [1.82, 2.24) is 4.98 Å². The zero-order chi connectivity index (χ0) is 10.6. The van der Waals surface area contributed by atoms with Gasteiger partial charge in [0.1, 0.15) is 4.60 Å². The zero-order valence-electron chi connectivity index (χ0n) is 8.21. The predicted octanol–water partition coefficient (Wildman–Crippen LogP) is 2.26. The Morgan fingerprint density at radius 2 is 2.36 bits per heavy atom. The molecule has 76 valence electrons. The van der Waals surface area contributed by atoms with Gasteiger partial charge in [-0.05, 0) is 47.0 Å². The van der Waals surface area contributed by atoms with Crippen molar-refractivity contribution < 1.29 is 9.53 Å². The lowest BCUT2D eigenvalue weighted by Gasteiger charge is -2.04. The lowest BCUT2D eigenvalue weighted by molar-refractivity contribution is -0.142. The second-order valence-corrected chi connectivity index (χ2v) is 3.73. The molecule has 0 atom stereocenters. The summed E-state index contributed by atoms with van der Waals surface area (Å²) < 4.78 is 5.63. The van der Waals surface area contributed by atoms with Gasteiger partial charge in [0.15, 0.2) is 0 Å². The number of nitrogens with zero attached hydrogens (tertiary/aromatic N) is 1. The van der Waals surface area contributed by atoms with Gasteiger partial charge in [-0.3, -0.25) is 4.79 Å². The molecular weight excluding hydrogens is 246 g/mol. The van der Waals surface area contributed by atoms with Crippen LogP contribution in [0.3, 0.4) is 0 Å². The van der Waals surface area contributed by atoms with Crippen LogP contribution in [-0.2, 0) is 16.0 Å². The Morgan fingerprint density at radius 3 is 2.93 bits per heavy atom. The third-order valence-electron chi connectivity index (χ3n) is 1.83. The summed E-state index contributed by atoms with van der Waals surface area (Å²) in [5, 5.41) is 0. The number of aromatic nitrogens is 1. The molecule has 0 radical (unpaired) electrons. The van der Waals surface area contributed by atoms with E-state index >= 15 is 0 Å². The highest BCUT2D eigenvalue weighted by molar-refractivity contribution is 9.10. The van der Waals surface area contributed by atoms with Gasteiger partial charge in [0, 0.05) is 6.20 Å². The van der Waals surface area contributed by atoms with Crippen LogP contribution in [0.15, 0.2) is 16.9 Å². The van der Waals surface area contributed by atoms with Crippen molar-refractivity contribution in [2.45, 2.75) is 20.3 Å². The molecular formula is C10H12BrNO2. The maximum Gasteiger partial charge on any atom is 0.310 e. The van der Waals surface area contributed by atoms with E-state index in [0.717, 1.165) is 15.7 Å². The monoisotopic (exact) mass is 257 g/mol. The van der Waals surface area contributed by atoms with Gasteiger partial charge in [-0.15, -0.1) is 0 Å². The van der Waals surface area contributed by atoms with Gasteiger partial charge in [0.05, 0.1) is 13.0 Å². The highest BCUT2D eigenvalue weighted by atomic mass is 79.9. The van der Waals surface area contributed by atoms with Crippen molar-refractivity contribution in [3.05, 3.63) is 28.0 Å². The Bertz CT molecular complexity index is 339. The first-order chi connectivity index (χ1) is 6.63. The number of rotatable bonds is 3. The van der Waals surface area contributed by atoms with Crippen LogP contribution in [0.5, 0.6) is 0 Å². The van der Waals surface area contributed by atoms with E-state index in [4.69, 9.17) is 4.74 Å². The molecule has 14 heavy (non-hydrogen) atoms. The second-order valence-electron chi connectivity index (χ2n) is 2.92. The van der Waals surface area contributed by atoms with Crippen LogP contribution in [0.4, 0.5) is 0 Å². The fraction of sp³-hybridized carbons (Fsp3) is 0.400. The highest BCUT2D eigenvalue weighted by Gasteiger charge is 2.07. The summed E-state index contributed by atoms with van der Waals surface area (Å²) in [7, 11) is 0. The largest absolute Gasteiger partial charge is 0.466 e. The Hall–Kier alpha value is -0.900. The number of carbonyl (C=O) groups is 1. The Morgan fingerprint density at radius 1 is 1.64 bits per heavy atom.